The average molecular weight is 504 g/mol. The summed E-state index contributed by atoms with van der Waals surface area (Å²) in [6, 6.07) is 25.9. The minimum Gasteiger partial charge on any atom is -0.372 e. The maximum absolute atomic E-state index is 13.4. The molecule has 0 unspecified atom stereocenters. The molecule has 6 heteroatoms. The Morgan fingerprint density at radius 1 is 0.757 bits per heavy atom. The Balaban J connectivity index is 1.40. The van der Waals surface area contributed by atoms with E-state index in [2.05, 4.69) is 60.1 Å². The third-order valence-corrected chi connectivity index (χ3v) is 8.13. The van der Waals surface area contributed by atoms with E-state index >= 15 is 0 Å². The van der Waals surface area contributed by atoms with Crippen LogP contribution in [0.15, 0.2) is 91.3 Å². The molecule has 0 bridgehead atoms. The van der Waals surface area contributed by atoms with Crippen molar-refractivity contribution in [2.45, 2.75) is 13.8 Å². The summed E-state index contributed by atoms with van der Waals surface area (Å²) in [7, 11) is 0. The molecule has 5 nitrogen and oxygen atoms in total. The number of hydrogen-bond acceptors (Lipinski definition) is 5. The number of pyridine rings is 1. The van der Waals surface area contributed by atoms with Gasteiger partial charge in [0.1, 0.15) is 0 Å². The number of hydrogen-bond donors (Lipinski definition) is 0. The number of carbonyl (C=O) groups is 2. The highest BCUT2D eigenvalue weighted by Crippen LogP contribution is 2.41. The van der Waals surface area contributed by atoms with Gasteiger partial charge in [-0.05, 0) is 78.9 Å². The number of carbonyl (C=O) groups excluding carboxylic acids is 2. The van der Waals surface area contributed by atoms with Crippen LogP contribution in [0, 0.1) is 0 Å². The van der Waals surface area contributed by atoms with E-state index in [9.17, 15) is 9.59 Å². The second-order valence-electron chi connectivity index (χ2n) is 8.93. The third kappa shape index (κ3) is 3.81. The van der Waals surface area contributed by atoms with Crippen molar-refractivity contribution in [1.29, 1.82) is 0 Å². The molecule has 0 aliphatic carbocycles. The predicted molar refractivity (Wildman–Crippen MR) is 152 cm³/mol. The van der Waals surface area contributed by atoms with Crippen molar-refractivity contribution in [2.75, 3.05) is 22.9 Å². The lowest BCUT2D eigenvalue weighted by molar-refractivity contribution is 0.0893. The van der Waals surface area contributed by atoms with Crippen molar-refractivity contribution < 1.29 is 9.59 Å². The van der Waals surface area contributed by atoms with Gasteiger partial charge in [-0.3, -0.25) is 14.6 Å². The lowest BCUT2D eigenvalue weighted by atomic mass is 9.90. The van der Waals surface area contributed by atoms with E-state index in [1.807, 2.05) is 24.3 Å². The van der Waals surface area contributed by atoms with Gasteiger partial charge in [-0.25, -0.2) is 4.90 Å². The Bertz CT molecular complexity index is 1610. The zero-order valence-electron chi connectivity index (χ0n) is 20.6. The summed E-state index contributed by atoms with van der Waals surface area (Å²) in [4.78, 5) is 36.8. The van der Waals surface area contributed by atoms with Gasteiger partial charge in [-0.15, -0.1) is 11.3 Å². The number of thiophene rings is 1. The van der Waals surface area contributed by atoms with Crippen molar-refractivity contribution >= 4 is 45.3 Å². The topological polar surface area (TPSA) is 53.5 Å². The van der Waals surface area contributed by atoms with Gasteiger partial charge in [-0.1, -0.05) is 30.3 Å². The zero-order chi connectivity index (χ0) is 25.5. The standard InChI is InChI=1S/C31H25N3O2S/c1-3-33(4-2)21-12-10-20(11-13-21)27-16-17-28(37-27)23-14-15-26-29-24(23)8-5-9-25(29)30(35)34(31(26)36)22-7-6-18-32-19-22/h5-19H,3-4H2,1-2H3. The molecule has 1 aliphatic heterocycles. The molecule has 0 saturated carbocycles. The molecule has 0 fully saturated rings. The van der Waals surface area contributed by atoms with Crippen LogP contribution in [0.1, 0.15) is 34.6 Å². The number of aromatic nitrogens is 1. The number of amides is 2. The summed E-state index contributed by atoms with van der Waals surface area (Å²) in [5, 5.41) is 1.63. The molecule has 182 valence electrons. The second-order valence-corrected chi connectivity index (χ2v) is 10.0. The molecule has 2 amide bonds. The number of nitrogens with zero attached hydrogens (tertiary/aromatic N) is 3. The maximum Gasteiger partial charge on any atom is 0.266 e. The molecule has 37 heavy (non-hydrogen) atoms. The van der Waals surface area contributed by atoms with E-state index in [0.717, 1.165) is 28.9 Å². The van der Waals surface area contributed by atoms with Crippen LogP contribution in [-0.4, -0.2) is 29.9 Å². The van der Waals surface area contributed by atoms with Crippen LogP contribution in [0.4, 0.5) is 11.4 Å². The normalized spacial score (nSPS) is 12.9. The largest absolute Gasteiger partial charge is 0.372 e. The minimum absolute atomic E-state index is 0.326. The monoisotopic (exact) mass is 503 g/mol. The summed E-state index contributed by atoms with van der Waals surface area (Å²) in [6.45, 7) is 6.30. The van der Waals surface area contributed by atoms with Gasteiger partial charge >= 0.3 is 0 Å². The van der Waals surface area contributed by atoms with E-state index < -0.39 is 0 Å². The van der Waals surface area contributed by atoms with Gasteiger partial charge in [0.15, 0.2) is 0 Å². The predicted octanol–water partition coefficient (Wildman–Crippen LogP) is 7.28. The molecule has 0 spiro atoms. The van der Waals surface area contributed by atoms with E-state index in [0.29, 0.717) is 22.2 Å². The van der Waals surface area contributed by atoms with Crippen LogP contribution in [0.3, 0.4) is 0 Å². The number of anilines is 2. The molecule has 3 heterocycles. The van der Waals surface area contributed by atoms with Crippen LogP contribution in [0.5, 0.6) is 0 Å². The van der Waals surface area contributed by atoms with E-state index in [4.69, 9.17) is 0 Å². The molecule has 0 atom stereocenters. The first-order valence-electron chi connectivity index (χ1n) is 12.4. The molecule has 2 aromatic heterocycles. The van der Waals surface area contributed by atoms with Crippen LogP contribution >= 0.6 is 11.3 Å². The molecule has 6 rings (SSSR count). The summed E-state index contributed by atoms with van der Waals surface area (Å²) >= 11 is 1.71. The highest BCUT2D eigenvalue weighted by Gasteiger charge is 2.34. The Morgan fingerprint density at radius 3 is 2.16 bits per heavy atom. The van der Waals surface area contributed by atoms with Gasteiger partial charge in [0.25, 0.3) is 11.8 Å². The molecular formula is C31H25N3O2S. The van der Waals surface area contributed by atoms with Crippen molar-refractivity contribution in [1.82, 2.24) is 4.98 Å². The van der Waals surface area contributed by atoms with Gasteiger partial charge in [0, 0.05) is 51.2 Å². The fraction of sp³-hybridized carbons (Fsp3) is 0.129. The van der Waals surface area contributed by atoms with Gasteiger partial charge in [0.05, 0.1) is 11.9 Å². The van der Waals surface area contributed by atoms with Crippen LogP contribution in [-0.2, 0) is 0 Å². The maximum atomic E-state index is 13.4. The smallest absolute Gasteiger partial charge is 0.266 e. The Hall–Kier alpha value is -4.29. The van der Waals surface area contributed by atoms with Crippen LogP contribution < -0.4 is 9.80 Å². The zero-order valence-corrected chi connectivity index (χ0v) is 21.5. The molecule has 0 saturated heterocycles. The summed E-state index contributed by atoms with van der Waals surface area (Å²) < 4.78 is 0. The number of rotatable bonds is 6. The molecular weight excluding hydrogens is 478 g/mol. The summed E-state index contributed by atoms with van der Waals surface area (Å²) in [5.41, 5.74) is 4.95. The van der Waals surface area contributed by atoms with Gasteiger partial charge < -0.3 is 4.90 Å². The van der Waals surface area contributed by atoms with E-state index in [1.165, 1.54) is 27.2 Å². The van der Waals surface area contributed by atoms with Gasteiger partial charge in [-0.2, -0.15) is 0 Å². The van der Waals surface area contributed by atoms with Gasteiger partial charge in [0.2, 0.25) is 0 Å². The SMILES string of the molecule is CCN(CC)c1ccc(-c2ccc(-c3ccc4c5c(cccc35)C(=O)N(c3cccnc3)C4=O)s2)cc1. The quantitative estimate of drug-likeness (QED) is 0.229. The molecule has 5 aromatic rings. The first kappa shape index (κ1) is 23.1. The van der Waals surface area contributed by atoms with Crippen molar-refractivity contribution in [2.24, 2.45) is 0 Å². The number of imide groups is 1. The number of benzene rings is 3. The summed E-state index contributed by atoms with van der Waals surface area (Å²) in [5.74, 6) is -0.651. The first-order chi connectivity index (χ1) is 18.1. The van der Waals surface area contributed by atoms with Crippen molar-refractivity contribution in [3.05, 3.63) is 102 Å². The van der Waals surface area contributed by atoms with E-state index in [-0.39, 0.29) is 11.8 Å². The van der Waals surface area contributed by atoms with Crippen molar-refractivity contribution in [3.8, 4) is 20.9 Å². The highest BCUT2D eigenvalue weighted by molar-refractivity contribution is 7.18. The fourth-order valence-corrected chi connectivity index (χ4v) is 6.15. The molecule has 1 aliphatic rings. The second kappa shape index (κ2) is 9.30. The Morgan fingerprint density at radius 2 is 1.46 bits per heavy atom. The van der Waals surface area contributed by atoms with Crippen LogP contribution in [0.25, 0.3) is 31.7 Å². The minimum atomic E-state index is -0.326. The highest BCUT2D eigenvalue weighted by atomic mass is 32.1. The summed E-state index contributed by atoms with van der Waals surface area (Å²) in [6.07, 6.45) is 3.16. The third-order valence-electron chi connectivity index (χ3n) is 6.96. The lowest BCUT2D eigenvalue weighted by Gasteiger charge is -2.27. The molecule has 0 N–H and O–H groups in total. The average Bonchev–Trinajstić information content (AvgIpc) is 3.43. The Kier molecular flexibility index (Phi) is 5.81. The molecule has 3 aromatic carbocycles. The molecule has 0 radical (unpaired) electrons. The van der Waals surface area contributed by atoms with Crippen LogP contribution in [0.2, 0.25) is 0 Å². The fourth-order valence-electron chi connectivity index (χ4n) is 5.09. The first-order valence-corrected chi connectivity index (χ1v) is 13.2. The van der Waals surface area contributed by atoms with E-state index in [1.54, 1.807) is 35.7 Å². The van der Waals surface area contributed by atoms with Crippen molar-refractivity contribution in [3.63, 3.8) is 0 Å². The lowest BCUT2D eigenvalue weighted by Crippen LogP contribution is -2.40. The Labute approximate surface area is 219 Å².